The Kier molecular flexibility index (Phi) is 6.93. The van der Waals surface area contributed by atoms with Gasteiger partial charge in [-0.3, -0.25) is 20.4 Å². The second kappa shape index (κ2) is 9.39. The monoisotopic (exact) mass is 372 g/mol. The summed E-state index contributed by atoms with van der Waals surface area (Å²) in [7, 11) is 0. The van der Waals surface area contributed by atoms with Gasteiger partial charge in [-0.2, -0.15) is 0 Å². The van der Waals surface area contributed by atoms with Gasteiger partial charge in [0.15, 0.2) is 6.61 Å². The third-order valence-corrected chi connectivity index (χ3v) is 3.45. The van der Waals surface area contributed by atoms with E-state index in [-0.39, 0.29) is 5.57 Å². The summed E-state index contributed by atoms with van der Waals surface area (Å²) in [6, 6.07) is 15.9. The van der Waals surface area contributed by atoms with Gasteiger partial charge in [0.25, 0.3) is 5.91 Å². The van der Waals surface area contributed by atoms with E-state index in [9.17, 15) is 14.4 Å². The molecule has 0 unspecified atom stereocenters. The lowest BCUT2D eigenvalue weighted by Crippen LogP contribution is -2.42. The van der Waals surface area contributed by atoms with Gasteiger partial charge in [0, 0.05) is 11.9 Å². The first-order valence-corrected chi connectivity index (χ1v) is 8.09. The van der Waals surface area contributed by atoms with Crippen LogP contribution in [0, 0.1) is 0 Å². The van der Waals surface area contributed by atoms with E-state index in [1.54, 1.807) is 30.3 Å². The summed E-state index contributed by atoms with van der Waals surface area (Å²) < 4.78 is 5.05. The summed E-state index contributed by atoms with van der Waals surface area (Å²) in [5.74, 6) is -1.76. The molecule has 0 aromatic heterocycles. The number of ether oxygens (including phenoxy) is 1. The molecule has 0 fully saturated rings. The molecule has 134 valence electrons. The van der Waals surface area contributed by atoms with Gasteiger partial charge in [-0.15, -0.1) is 0 Å². The fourth-order valence-corrected chi connectivity index (χ4v) is 2.13. The molecule has 0 atom stereocenters. The molecular formula is C19H17ClN2O4. The summed E-state index contributed by atoms with van der Waals surface area (Å²) in [5.41, 5.74) is 5.92. The van der Waals surface area contributed by atoms with Crippen LogP contribution in [0.25, 0.3) is 11.6 Å². The number of hydrogen-bond donors (Lipinski definition) is 2. The molecule has 0 aliphatic rings. The van der Waals surface area contributed by atoms with Crippen molar-refractivity contribution < 1.29 is 19.1 Å². The molecule has 0 bridgehead atoms. The van der Waals surface area contributed by atoms with Gasteiger partial charge in [-0.25, -0.2) is 4.79 Å². The summed E-state index contributed by atoms with van der Waals surface area (Å²) in [6.07, 6.45) is 1.66. The molecule has 0 radical (unpaired) electrons. The fourth-order valence-electron chi connectivity index (χ4n) is 2.01. The standard InChI is InChI=1S/C19H17ClN2O4/c1-13(23)21-22-18(24)12-26-19(25)17(11-14-5-3-2-4-6-14)15-7-9-16(20)10-8-15/h2-11H,12H2,1H3,(H,21,23)(H,22,24)/b17-11+. The second-order valence-corrected chi connectivity index (χ2v) is 5.72. The SMILES string of the molecule is CC(=O)NNC(=O)COC(=O)/C(=C/c1ccccc1)c1ccc(Cl)cc1. The van der Waals surface area contributed by atoms with Crippen molar-refractivity contribution in [2.24, 2.45) is 0 Å². The van der Waals surface area contributed by atoms with Crippen molar-refractivity contribution in [2.75, 3.05) is 6.61 Å². The topological polar surface area (TPSA) is 84.5 Å². The molecular weight excluding hydrogens is 356 g/mol. The van der Waals surface area contributed by atoms with Crippen LogP contribution in [0.3, 0.4) is 0 Å². The Labute approximate surface area is 155 Å². The largest absolute Gasteiger partial charge is 0.452 e. The van der Waals surface area contributed by atoms with Crippen LogP contribution in [0.15, 0.2) is 54.6 Å². The van der Waals surface area contributed by atoms with E-state index in [2.05, 4.69) is 10.9 Å². The highest BCUT2D eigenvalue weighted by Gasteiger charge is 2.16. The van der Waals surface area contributed by atoms with Crippen LogP contribution in [-0.4, -0.2) is 24.4 Å². The summed E-state index contributed by atoms with van der Waals surface area (Å²) >= 11 is 5.90. The fraction of sp³-hybridized carbons (Fsp3) is 0.105. The van der Waals surface area contributed by atoms with Crippen molar-refractivity contribution in [2.45, 2.75) is 6.92 Å². The van der Waals surface area contributed by atoms with Gasteiger partial charge in [-0.05, 0) is 29.3 Å². The highest BCUT2D eigenvalue weighted by atomic mass is 35.5. The summed E-state index contributed by atoms with van der Waals surface area (Å²) in [5, 5.41) is 0.538. The van der Waals surface area contributed by atoms with Gasteiger partial charge in [0.1, 0.15) is 0 Å². The van der Waals surface area contributed by atoms with E-state index >= 15 is 0 Å². The molecule has 2 aromatic rings. The van der Waals surface area contributed by atoms with Crippen LogP contribution in [-0.2, 0) is 19.1 Å². The quantitative estimate of drug-likeness (QED) is 0.365. The molecule has 0 saturated heterocycles. The predicted octanol–water partition coefficient (Wildman–Crippen LogP) is 2.59. The first kappa shape index (κ1) is 19.2. The number of benzene rings is 2. The predicted molar refractivity (Wildman–Crippen MR) is 98.7 cm³/mol. The highest BCUT2D eigenvalue weighted by Crippen LogP contribution is 2.22. The number of nitrogens with one attached hydrogen (secondary N) is 2. The Morgan fingerprint density at radius 2 is 1.65 bits per heavy atom. The molecule has 0 saturated carbocycles. The van der Waals surface area contributed by atoms with Crippen molar-refractivity contribution >= 4 is 41.0 Å². The summed E-state index contributed by atoms with van der Waals surface area (Å²) in [4.78, 5) is 34.8. The molecule has 2 amide bonds. The van der Waals surface area contributed by atoms with Crippen LogP contribution >= 0.6 is 11.6 Å². The minimum Gasteiger partial charge on any atom is -0.452 e. The van der Waals surface area contributed by atoms with E-state index in [0.29, 0.717) is 10.6 Å². The number of esters is 1. The van der Waals surface area contributed by atoms with Crippen LogP contribution in [0.2, 0.25) is 5.02 Å². The molecule has 2 rings (SSSR count). The molecule has 0 spiro atoms. The van der Waals surface area contributed by atoms with Crippen LogP contribution in [0.4, 0.5) is 0 Å². The number of amides is 2. The van der Waals surface area contributed by atoms with Gasteiger partial charge in [0.05, 0.1) is 5.57 Å². The van der Waals surface area contributed by atoms with Crippen LogP contribution < -0.4 is 10.9 Å². The maximum absolute atomic E-state index is 12.5. The van der Waals surface area contributed by atoms with Gasteiger partial charge in [-0.1, -0.05) is 54.1 Å². The highest BCUT2D eigenvalue weighted by molar-refractivity contribution is 6.30. The van der Waals surface area contributed by atoms with E-state index in [1.165, 1.54) is 6.92 Å². The number of hydrogen-bond acceptors (Lipinski definition) is 4. The number of halogens is 1. The zero-order chi connectivity index (χ0) is 18.9. The second-order valence-electron chi connectivity index (χ2n) is 5.28. The normalized spacial score (nSPS) is 10.8. The lowest BCUT2D eigenvalue weighted by molar-refractivity contribution is -0.143. The average molecular weight is 373 g/mol. The van der Waals surface area contributed by atoms with E-state index in [1.807, 2.05) is 30.3 Å². The van der Waals surface area contributed by atoms with E-state index in [4.69, 9.17) is 16.3 Å². The molecule has 0 aliphatic carbocycles. The van der Waals surface area contributed by atoms with Crippen LogP contribution in [0.5, 0.6) is 0 Å². The lowest BCUT2D eigenvalue weighted by atomic mass is 10.0. The van der Waals surface area contributed by atoms with Crippen molar-refractivity contribution in [3.63, 3.8) is 0 Å². The first-order valence-electron chi connectivity index (χ1n) is 7.71. The maximum Gasteiger partial charge on any atom is 0.339 e. The molecule has 0 aliphatic heterocycles. The Morgan fingerprint density at radius 3 is 2.27 bits per heavy atom. The minimum atomic E-state index is -0.672. The lowest BCUT2D eigenvalue weighted by Gasteiger charge is -2.10. The molecule has 26 heavy (non-hydrogen) atoms. The number of hydrazine groups is 1. The third-order valence-electron chi connectivity index (χ3n) is 3.20. The number of carbonyl (C=O) groups excluding carboxylic acids is 3. The van der Waals surface area contributed by atoms with Crippen molar-refractivity contribution in [3.8, 4) is 0 Å². The van der Waals surface area contributed by atoms with Crippen molar-refractivity contribution in [3.05, 3.63) is 70.7 Å². The van der Waals surface area contributed by atoms with Gasteiger partial charge in [0.2, 0.25) is 5.91 Å². The first-order chi connectivity index (χ1) is 12.5. The average Bonchev–Trinajstić information content (AvgIpc) is 2.64. The van der Waals surface area contributed by atoms with Crippen LogP contribution in [0.1, 0.15) is 18.1 Å². The zero-order valence-corrected chi connectivity index (χ0v) is 14.7. The third kappa shape index (κ3) is 6.07. The van der Waals surface area contributed by atoms with Gasteiger partial charge < -0.3 is 4.74 Å². The van der Waals surface area contributed by atoms with Crippen molar-refractivity contribution in [1.29, 1.82) is 0 Å². The molecule has 0 heterocycles. The minimum absolute atomic E-state index is 0.278. The van der Waals surface area contributed by atoms with E-state index < -0.39 is 24.4 Å². The zero-order valence-electron chi connectivity index (χ0n) is 14.0. The smallest absolute Gasteiger partial charge is 0.339 e. The number of carbonyl (C=O) groups is 3. The molecule has 2 N–H and O–H groups in total. The van der Waals surface area contributed by atoms with Gasteiger partial charge >= 0.3 is 5.97 Å². The Morgan fingerprint density at radius 1 is 1.00 bits per heavy atom. The Balaban J connectivity index is 2.17. The molecule has 2 aromatic carbocycles. The Bertz CT molecular complexity index is 817. The van der Waals surface area contributed by atoms with Crippen molar-refractivity contribution in [1.82, 2.24) is 10.9 Å². The Hall–Kier alpha value is -3.12. The summed E-state index contributed by atoms with van der Waals surface area (Å²) in [6.45, 7) is 0.715. The molecule has 6 nitrogen and oxygen atoms in total. The maximum atomic E-state index is 12.5. The molecule has 7 heteroatoms. The number of rotatable bonds is 5. The van der Waals surface area contributed by atoms with E-state index in [0.717, 1.165) is 5.56 Å².